The highest BCUT2D eigenvalue weighted by atomic mass is 16.3. The maximum Gasteiger partial charge on any atom is 0.149 e. The Bertz CT molecular complexity index is 3290. The maximum absolute atomic E-state index is 12.4. The van der Waals surface area contributed by atoms with Crippen LogP contribution in [0.2, 0.25) is 0 Å². The summed E-state index contributed by atoms with van der Waals surface area (Å²) in [6.07, 6.45) is 1.80. The molecule has 0 fully saturated rings. The first-order chi connectivity index (χ1) is 33.3. The van der Waals surface area contributed by atoms with E-state index in [4.69, 9.17) is 23.7 Å². The number of hydrogen-bond acceptors (Lipinski definition) is 3. The molecule has 0 saturated heterocycles. The summed E-state index contributed by atoms with van der Waals surface area (Å²) >= 11 is 0. The first-order valence-corrected chi connectivity index (χ1v) is 21.1. The molecule has 2 heterocycles. The van der Waals surface area contributed by atoms with Crippen LogP contribution >= 0.6 is 0 Å². The van der Waals surface area contributed by atoms with Crippen LogP contribution in [-0.2, 0) is 16.2 Å². The van der Waals surface area contributed by atoms with Crippen LogP contribution in [0.4, 0.5) is 0 Å². The number of aromatic hydroxyl groups is 1. The van der Waals surface area contributed by atoms with E-state index in [0.717, 1.165) is 50.2 Å². The molecular weight excluding hydrogens is 755 g/mol. The fourth-order valence-corrected chi connectivity index (χ4v) is 8.22. The lowest BCUT2D eigenvalue weighted by molar-refractivity contribution is 0.448. The SMILES string of the molecule is [2H]C(C)(C)c1ccc(-c2ccnc(-c3cc(-c4cccc5c4nc(-c4cc(C)cc(C(C)(C)C)c4O)n5-c4ccc(C(C([2H])([2H])[2H])(C([2H])([2H])[2H])C([2H])([2H])[2H])cc4-c4ccccc4)cc(C(C)(C)C)c3)c2)cc1. The number of rotatable bonds is 7. The Morgan fingerprint density at radius 2 is 1.32 bits per heavy atom. The van der Waals surface area contributed by atoms with E-state index in [0.29, 0.717) is 44.8 Å². The molecule has 0 amide bonds. The molecular formula is C58H61N3O. The van der Waals surface area contributed by atoms with Gasteiger partial charge in [-0.25, -0.2) is 4.98 Å². The normalized spacial score (nSPS) is 15.6. The fourth-order valence-electron chi connectivity index (χ4n) is 8.22. The summed E-state index contributed by atoms with van der Waals surface area (Å²) in [4.78, 5) is 10.3. The van der Waals surface area contributed by atoms with Crippen molar-refractivity contribution in [3.8, 4) is 67.5 Å². The van der Waals surface area contributed by atoms with Gasteiger partial charge in [-0.3, -0.25) is 9.55 Å². The minimum Gasteiger partial charge on any atom is -0.507 e. The van der Waals surface area contributed by atoms with Gasteiger partial charge >= 0.3 is 0 Å². The lowest BCUT2D eigenvalue weighted by Gasteiger charge is -2.24. The van der Waals surface area contributed by atoms with Gasteiger partial charge in [0, 0.05) is 42.2 Å². The molecule has 62 heavy (non-hydrogen) atoms. The number of phenols is 1. The number of fused-ring (bicyclic) bond motifs is 1. The highest BCUT2D eigenvalue weighted by Gasteiger charge is 2.28. The molecule has 0 atom stereocenters. The Morgan fingerprint density at radius 1 is 0.597 bits per heavy atom. The van der Waals surface area contributed by atoms with Gasteiger partial charge in [0.2, 0.25) is 0 Å². The number of pyridine rings is 1. The van der Waals surface area contributed by atoms with Gasteiger partial charge in [0.15, 0.2) is 0 Å². The van der Waals surface area contributed by atoms with Crippen molar-refractivity contribution in [3.05, 3.63) is 167 Å². The molecule has 0 saturated carbocycles. The molecule has 2 aromatic heterocycles. The number of aryl methyl sites for hydroxylation is 1. The van der Waals surface area contributed by atoms with Crippen molar-refractivity contribution in [1.29, 1.82) is 0 Å². The highest BCUT2D eigenvalue weighted by Crippen LogP contribution is 2.45. The summed E-state index contributed by atoms with van der Waals surface area (Å²) in [6, 6.07) is 41.5. The van der Waals surface area contributed by atoms with Crippen molar-refractivity contribution in [1.82, 2.24) is 14.5 Å². The number of benzene rings is 6. The molecule has 0 radical (unpaired) electrons. The van der Waals surface area contributed by atoms with Crippen molar-refractivity contribution in [2.45, 2.75) is 105 Å². The lowest BCUT2D eigenvalue weighted by Crippen LogP contribution is -2.13. The first-order valence-electron chi connectivity index (χ1n) is 26.1. The molecule has 8 rings (SSSR count). The molecule has 4 nitrogen and oxygen atoms in total. The zero-order valence-electron chi connectivity index (χ0n) is 47.1. The van der Waals surface area contributed by atoms with Crippen molar-refractivity contribution >= 4 is 11.0 Å². The Morgan fingerprint density at radius 3 is 2.00 bits per heavy atom. The van der Waals surface area contributed by atoms with E-state index >= 15 is 0 Å². The number of phenolic OH excluding ortho intramolecular Hbond substituents is 1. The van der Waals surface area contributed by atoms with Crippen LogP contribution in [0.15, 0.2) is 140 Å². The number of imidazole rings is 1. The van der Waals surface area contributed by atoms with Crippen LogP contribution in [0, 0.1) is 6.92 Å². The summed E-state index contributed by atoms with van der Waals surface area (Å²) < 4.78 is 87.7. The summed E-state index contributed by atoms with van der Waals surface area (Å²) in [5.41, 5.74) is 7.34. The number of nitrogens with zero attached hydrogens (tertiary/aromatic N) is 3. The second-order valence-corrected chi connectivity index (χ2v) is 18.8. The van der Waals surface area contributed by atoms with Crippen molar-refractivity contribution < 1.29 is 18.8 Å². The van der Waals surface area contributed by atoms with Crippen molar-refractivity contribution in [2.24, 2.45) is 0 Å². The number of hydrogen-bond donors (Lipinski definition) is 1. The van der Waals surface area contributed by atoms with Gasteiger partial charge in [-0.2, -0.15) is 0 Å². The lowest BCUT2D eigenvalue weighted by atomic mass is 9.83. The molecule has 1 N–H and O–H groups in total. The van der Waals surface area contributed by atoms with Gasteiger partial charge in [-0.05, 0) is 122 Å². The molecule has 0 aliphatic heterocycles. The van der Waals surface area contributed by atoms with Crippen LogP contribution in [-0.4, -0.2) is 19.6 Å². The van der Waals surface area contributed by atoms with E-state index in [1.54, 1.807) is 36.5 Å². The topological polar surface area (TPSA) is 50.9 Å². The average Bonchev–Trinajstić information content (AvgIpc) is 3.67. The predicted molar refractivity (Wildman–Crippen MR) is 263 cm³/mol. The molecule has 4 heteroatoms. The molecule has 0 aliphatic carbocycles. The summed E-state index contributed by atoms with van der Waals surface area (Å²) in [6.45, 7) is 7.76. The molecule has 8 aromatic rings. The van der Waals surface area contributed by atoms with E-state index in [1.807, 2.05) is 113 Å². The van der Waals surface area contributed by atoms with Gasteiger partial charge < -0.3 is 5.11 Å². The second-order valence-electron chi connectivity index (χ2n) is 18.8. The summed E-state index contributed by atoms with van der Waals surface area (Å²) in [5.74, 6) is -0.354. The Hall–Kier alpha value is -6.26. The molecule has 0 aliphatic rings. The molecule has 0 spiro atoms. The first kappa shape index (κ1) is 31.6. The van der Waals surface area contributed by atoms with Gasteiger partial charge in [0.1, 0.15) is 11.6 Å². The Balaban J connectivity index is 1.45. The number of aromatic nitrogens is 3. The molecule has 0 bridgehead atoms. The monoisotopic (exact) mass is 826 g/mol. The second kappa shape index (κ2) is 15.9. The third-order valence-electron chi connectivity index (χ3n) is 11.7. The van der Waals surface area contributed by atoms with Gasteiger partial charge in [-0.15, -0.1) is 0 Å². The fraction of sp³-hybridized carbons (Fsp3) is 0.276. The smallest absolute Gasteiger partial charge is 0.149 e. The van der Waals surface area contributed by atoms with E-state index in [1.165, 1.54) is 12.1 Å². The van der Waals surface area contributed by atoms with Crippen molar-refractivity contribution in [3.63, 3.8) is 0 Å². The average molecular weight is 826 g/mol. The van der Waals surface area contributed by atoms with Crippen LogP contribution in [0.3, 0.4) is 0 Å². The Kier molecular flexibility index (Phi) is 8.09. The zero-order valence-corrected chi connectivity index (χ0v) is 37.1. The highest BCUT2D eigenvalue weighted by molar-refractivity contribution is 5.98. The van der Waals surface area contributed by atoms with Crippen LogP contribution < -0.4 is 0 Å². The third-order valence-corrected chi connectivity index (χ3v) is 11.7. The standard InChI is InChI=1S/C58H61N3O/c1-36(2)38-21-23-39(24-22-38)41-27-28-59-50(34-41)43-31-42(32-45(33-43)57(7,8)9)46-19-16-20-52-53(46)60-55(48-29-37(3)30-49(54(48)62)58(10,11)12)61(52)51-26-25-44(56(4,5)6)35-47(51)40-17-14-13-15-18-40/h13-36,62H,1-12H3/i4D3,5D3,6D3,36D. The minimum absolute atomic E-state index is 0.0244. The summed E-state index contributed by atoms with van der Waals surface area (Å²) in [7, 11) is 0. The van der Waals surface area contributed by atoms with Gasteiger partial charge in [0.25, 0.3) is 0 Å². The van der Waals surface area contributed by atoms with Gasteiger partial charge in [0.05, 0.1) is 28.0 Å². The van der Waals surface area contributed by atoms with Crippen LogP contribution in [0.5, 0.6) is 5.75 Å². The van der Waals surface area contributed by atoms with E-state index < -0.39 is 37.3 Å². The quantitative estimate of drug-likeness (QED) is 0.174. The van der Waals surface area contributed by atoms with E-state index in [9.17, 15) is 5.11 Å². The van der Waals surface area contributed by atoms with Crippen LogP contribution in [0.25, 0.3) is 72.7 Å². The molecule has 0 unspecified atom stereocenters. The van der Waals surface area contributed by atoms with Gasteiger partial charge in [-0.1, -0.05) is 161 Å². The molecule has 6 aromatic carbocycles. The third kappa shape index (κ3) is 8.23. The molecule has 314 valence electrons. The minimum atomic E-state index is -3.49. The largest absolute Gasteiger partial charge is 0.507 e. The number of para-hydroxylation sites is 1. The zero-order chi connectivity index (χ0) is 52.7. The van der Waals surface area contributed by atoms with E-state index in [-0.39, 0.29) is 16.7 Å². The summed E-state index contributed by atoms with van der Waals surface area (Å²) in [5, 5.41) is 12.4. The predicted octanol–water partition coefficient (Wildman–Crippen LogP) is 15.8. The van der Waals surface area contributed by atoms with Crippen LogP contribution in [0.1, 0.15) is 123 Å². The van der Waals surface area contributed by atoms with Crippen molar-refractivity contribution in [2.75, 3.05) is 0 Å². The Labute approximate surface area is 383 Å². The maximum atomic E-state index is 12.4. The van der Waals surface area contributed by atoms with E-state index in [2.05, 4.69) is 45.0 Å².